The van der Waals surface area contributed by atoms with E-state index in [1.165, 1.54) is 0 Å². The summed E-state index contributed by atoms with van der Waals surface area (Å²) in [5.41, 5.74) is 6.41. The number of pyridine rings is 1. The van der Waals surface area contributed by atoms with E-state index in [2.05, 4.69) is 4.98 Å². The fourth-order valence-corrected chi connectivity index (χ4v) is 2.43. The number of anilines is 1. The number of nitrogens with two attached hydrogens (primary N) is 1. The molecule has 1 aliphatic heterocycles. The zero-order valence-electron chi connectivity index (χ0n) is 11.4. The highest BCUT2D eigenvalue weighted by atomic mass is 16.5. The first-order valence-corrected chi connectivity index (χ1v) is 6.22. The molecular formula is C13H17N3O4. The Balaban J connectivity index is 2.39. The van der Waals surface area contributed by atoms with E-state index in [-0.39, 0.29) is 19.3 Å². The third-order valence-corrected chi connectivity index (χ3v) is 3.58. The smallest absolute Gasteiger partial charge is 0.311 e. The molecule has 0 saturated carbocycles. The summed E-state index contributed by atoms with van der Waals surface area (Å²) in [6, 6.07) is 1.32. The number of amides is 1. The van der Waals surface area contributed by atoms with Crippen LogP contribution in [-0.4, -0.2) is 48.3 Å². The molecule has 1 aromatic rings. The van der Waals surface area contributed by atoms with Gasteiger partial charge in [-0.25, -0.2) is 4.98 Å². The average molecular weight is 279 g/mol. The molecule has 2 atom stereocenters. The SMILES string of the molecule is Cc1ccnc(N(C)C2COCC2C(=O)O)c1C(N)=O. The maximum absolute atomic E-state index is 11.6. The van der Waals surface area contributed by atoms with Crippen molar-refractivity contribution in [1.82, 2.24) is 4.98 Å². The number of primary amides is 1. The number of carbonyl (C=O) groups excluding carboxylic acids is 1. The van der Waals surface area contributed by atoms with E-state index in [4.69, 9.17) is 10.5 Å². The molecule has 20 heavy (non-hydrogen) atoms. The first-order chi connectivity index (χ1) is 9.43. The number of carbonyl (C=O) groups is 2. The molecule has 0 aromatic carbocycles. The Morgan fingerprint density at radius 1 is 1.50 bits per heavy atom. The van der Waals surface area contributed by atoms with Crippen LogP contribution in [-0.2, 0) is 9.53 Å². The van der Waals surface area contributed by atoms with Crippen LogP contribution in [0, 0.1) is 12.8 Å². The molecule has 7 nitrogen and oxygen atoms in total. The molecule has 7 heteroatoms. The van der Waals surface area contributed by atoms with Gasteiger partial charge in [-0.05, 0) is 18.6 Å². The van der Waals surface area contributed by atoms with Crippen LogP contribution in [0.2, 0.25) is 0 Å². The molecule has 1 aromatic heterocycles. The van der Waals surface area contributed by atoms with Crippen LogP contribution in [0.15, 0.2) is 12.3 Å². The third-order valence-electron chi connectivity index (χ3n) is 3.58. The predicted octanol–water partition coefficient (Wildman–Crippen LogP) is 0.0247. The average Bonchev–Trinajstić information content (AvgIpc) is 2.86. The van der Waals surface area contributed by atoms with Crippen molar-refractivity contribution in [1.29, 1.82) is 0 Å². The van der Waals surface area contributed by atoms with Crippen molar-refractivity contribution in [3.63, 3.8) is 0 Å². The van der Waals surface area contributed by atoms with Crippen molar-refractivity contribution in [3.05, 3.63) is 23.4 Å². The van der Waals surface area contributed by atoms with E-state index in [0.29, 0.717) is 16.9 Å². The molecule has 3 N–H and O–H groups in total. The lowest BCUT2D eigenvalue weighted by Crippen LogP contribution is -2.42. The van der Waals surface area contributed by atoms with Crippen molar-refractivity contribution < 1.29 is 19.4 Å². The zero-order valence-corrected chi connectivity index (χ0v) is 11.4. The number of carboxylic acid groups (broad SMARTS) is 1. The standard InChI is InChI=1S/C13H17N3O4/c1-7-3-4-15-12(10(7)11(14)17)16(2)9-6-20-5-8(9)13(18)19/h3-4,8-9H,5-6H2,1-2H3,(H2,14,17)(H,18,19). The second-order valence-electron chi connectivity index (χ2n) is 4.85. The van der Waals surface area contributed by atoms with Crippen LogP contribution in [0.5, 0.6) is 0 Å². The number of likely N-dealkylation sites (N-methyl/N-ethyl adjacent to an activating group) is 1. The lowest BCUT2D eigenvalue weighted by atomic mass is 10.0. The van der Waals surface area contributed by atoms with Gasteiger partial charge in [-0.15, -0.1) is 0 Å². The Morgan fingerprint density at radius 3 is 2.80 bits per heavy atom. The lowest BCUT2D eigenvalue weighted by molar-refractivity contribution is -0.141. The van der Waals surface area contributed by atoms with Crippen molar-refractivity contribution in [2.75, 3.05) is 25.2 Å². The molecule has 2 rings (SSSR count). The van der Waals surface area contributed by atoms with Gasteiger partial charge in [-0.1, -0.05) is 0 Å². The number of aryl methyl sites for hydroxylation is 1. The number of carboxylic acids is 1. The molecule has 1 aliphatic rings. The summed E-state index contributed by atoms with van der Waals surface area (Å²) in [5.74, 6) is -1.77. The van der Waals surface area contributed by atoms with Crippen LogP contribution < -0.4 is 10.6 Å². The Morgan fingerprint density at radius 2 is 2.20 bits per heavy atom. The van der Waals surface area contributed by atoms with Crippen LogP contribution in [0.4, 0.5) is 5.82 Å². The molecule has 0 radical (unpaired) electrons. The van der Waals surface area contributed by atoms with E-state index in [9.17, 15) is 14.7 Å². The number of nitrogens with zero attached hydrogens (tertiary/aromatic N) is 2. The molecular weight excluding hydrogens is 262 g/mol. The minimum atomic E-state index is -0.923. The van der Waals surface area contributed by atoms with E-state index in [1.54, 1.807) is 31.1 Å². The quantitative estimate of drug-likeness (QED) is 0.805. The maximum Gasteiger partial charge on any atom is 0.311 e. The zero-order chi connectivity index (χ0) is 14.9. The summed E-state index contributed by atoms with van der Waals surface area (Å²) >= 11 is 0. The van der Waals surface area contributed by atoms with Crippen molar-refractivity contribution in [3.8, 4) is 0 Å². The number of ether oxygens (including phenoxy) is 1. The normalized spacial score (nSPS) is 21.7. The topological polar surface area (TPSA) is 106 Å². The Kier molecular flexibility index (Phi) is 3.89. The van der Waals surface area contributed by atoms with Crippen molar-refractivity contribution in [2.45, 2.75) is 13.0 Å². The van der Waals surface area contributed by atoms with Gasteiger partial charge in [-0.3, -0.25) is 9.59 Å². The maximum atomic E-state index is 11.6. The largest absolute Gasteiger partial charge is 0.481 e. The molecule has 2 unspecified atom stereocenters. The van der Waals surface area contributed by atoms with Crippen LogP contribution in [0.3, 0.4) is 0 Å². The van der Waals surface area contributed by atoms with Crippen molar-refractivity contribution in [2.24, 2.45) is 11.7 Å². The van der Waals surface area contributed by atoms with Gasteiger partial charge in [0.05, 0.1) is 24.8 Å². The lowest BCUT2D eigenvalue weighted by Gasteiger charge is -2.28. The Labute approximate surface area is 116 Å². The molecule has 2 heterocycles. The van der Waals surface area contributed by atoms with Gasteiger partial charge in [0.25, 0.3) is 5.91 Å². The summed E-state index contributed by atoms with van der Waals surface area (Å²) < 4.78 is 5.24. The number of hydrogen-bond donors (Lipinski definition) is 2. The minimum Gasteiger partial charge on any atom is -0.481 e. The summed E-state index contributed by atoms with van der Waals surface area (Å²) in [7, 11) is 1.70. The molecule has 108 valence electrons. The fraction of sp³-hybridized carbons (Fsp3) is 0.462. The van der Waals surface area contributed by atoms with Gasteiger partial charge in [0, 0.05) is 13.2 Å². The molecule has 0 spiro atoms. The third kappa shape index (κ3) is 2.44. The molecule has 0 aliphatic carbocycles. The summed E-state index contributed by atoms with van der Waals surface area (Å²) in [6.45, 7) is 2.20. The summed E-state index contributed by atoms with van der Waals surface area (Å²) in [4.78, 5) is 28.6. The second kappa shape index (κ2) is 5.46. The van der Waals surface area contributed by atoms with Crippen LogP contribution >= 0.6 is 0 Å². The molecule has 1 saturated heterocycles. The molecule has 0 bridgehead atoms. The number of aliphatic carboxylic acids is 1. The second-order valence-corrected chi connectivity index (χ2v) is 4.85. The first kappa shape index (κ1) is 14.3. The molecule has 1 amide bonds. The van der Waals surface area contributed by atoms with Gasteiger partial charge in [0.15, 0.2) is 0 Å². The number of aromatic nitrogens is 1. The monoisotopic (exact) mass is 279 g/mol. The van der Waals surface area contributed by atoms with E-state index in [1.807, 2.05) is 0 Å². The Hall–Kier alpha value is -2.15. The van der Waals surface area contributed by atoms with Gasteiger partial charge in [0.2, 0.25) is 0 Å². The van der Waals surface area contributed by atoms with E-state index >= 15 is 0 Å². The summed E-state index contributed by atoms with van der Waals surface area (Å²) in [6.07, 6.45) is 1.57. The highest BCUT2D eigenvalue weighted by Crippen LogP contribution is 2.26. The van der Waals surface area contributed by atoms with Crippen molar-refractivity contribution >= 4 is 17.7 Å². The molecule has 1 fully saturated rings. The number of hydrogen-bond acceptors (Lipinski definition) is 5. The highest BCUT2D eigenvalue weighted by Gasteiger charge is 2.38. The number of rotatable bonds is 4. The van der Waals surface area contributed by atoms with Gasteiger partial charge in [0.1, 0.15) is 11.7 Å². The predicted molar refractivity (Wildman–Crippen MR) is 71.6 cm³/mol. The van der Waals surface area contributed by atoms with Gasteiger partial charge in [-0.2, -0.15) is 0 Å². The fourth-order valence-electron chi connectivity index (χ4n) is 2.43. The minimum absolute atomic E-state index is 0.155. The van der Waals surface area contributed by atoms with E-state index in [0.717, 1.165) is 0 Å². The highest BCUT2D eigenvalue weighted by molar-refractivity contribution is 5.99. The van der Waals surface area contributed by atoms with Crippen LogP contribution in [0.25, 0.3) is 0 Å². The van der Waals surface area contributed by atoms with Crippen LogP contribution in [0.1, 0.15) is 15.9 Å². The summed E-state index contributed by atoms with van der Waals surface area (Å²) in [5, 5.41) is 9.19. The van der Waals surface area contributed by atoms with Gasteiger partial charge < -0.3 is 20.5 Å². The van der Waals surface area contributed by atoms with Gasteiger partial charge >= 0.3 is 5.97 Å². The first-order valence-electron chi connectivity index (χ1n) is 6.22. The van der Waals surface area contributed by atoms with E-state index < -0.39 is 17.8 Å². The Bertz CT molecular complexity index is 546.